The van der Waals surface area contributed by atoms with E-state index in [-0.39, 0.29) is 11.8 Å². The minimum atomic E-state index is 0.0638. The molecule has 0 saturated carbocycles. The molecule has 1 aliphatic heterocycles. The summed E-state index contributed by atoms with van der Waals surface area (Å²) in [5, 5.41) is 6.59. The Morgan fingerprint density at radius 2 is 1.28 bits per heavy atom. The van der Waals surface area contributed by atoms with Gasteiger partial charge in [-0.05, 0) is 64.2 Å². The molecule has 0 aromatic rings. The Balaban J connectivity index is 1.83. The van der Waals surface area contributed by atoms with Gasteiger partial charge >= 0.3 is 0 Å². The Hall–Kier alpha value is -1.70. The van der Waals surface area contributed by atoms with E-state index in [1.807, 2.05) is 21.6 Å². The van der Waals surface area contributed by atoms with Gasteiger partial charge in [-0.25, -0.2) is 0 Å². The number of carbonyl (C=O) groups excluding carboxylic acids is 2. The molecule has 2 amide bonds. The maximum Gasteiger partial charge on any atom is 0.220 e. The van der Waals surface area contributed by atoms with E-state index in [1.165, 1.54) is 18.6 Å². The number of amides is 2. The molecule has 1 aliphatic rings. The van der Waals surface area contributed by atoms with Crippen molar-refractivity contribution in [2.24, 2.45) is 0 Å². The van der Waals surface area contributed by atoms with Crippen molar-refractivity contribution in [3.05, 3.63) is 60.8 Å². The predicted octanol–water partition coefficient (Wildman–Crippen LogP) is 7.87. The lowest BCUT2D eigenvalue weighted by Gasteiger charge is -2.08. The Morgan fingerprint density at radius 1 is 0.744 bits per heavy atom. The third-order valence-electron chi connectivity index (χ3n) is 5.98. The lowest BCUT2D eigenvalue weighted by atomic mass is 10.1. The summed E-state index contributed by atoms with van der Waals surface area (Å²) in [6.45, 7) is 4.12. The Labute approximate surface area is 246 Å². The highest BCUT2D eigenvalue weighted by Crippen LogP contribution is 2.39. The van der Waals surface area contributed by atoms with E-state index in [0.29, 0.717) is 39.1 Å². The third kappa shape index (κ3) is 25.0. The first-order valence-corrected chi connectivity index (χ1v) is 17.2. The van der Waals surface area contributed by atoms with Gasteiger partial charge in [0, 0.05) is 36.9 Å². The lowest BCUT2D eigenvalue weighted by molar-refractivity contribution is -0.121. The molecule has 0 radical (unpaired) electrons. The molecule has 1 fully saturated rings. The Morgan fingerprint density at radius 3 is 1.82 bits per heavy atom. The average molecular weight is 577 g/mol. The second-order valence-electron chi connectivity index (χ2n) is 9.49. The van der Waals surface area contributed by atoms with Crippen LogP contribution in [0.3, 0.4) is 0 Å². The van der Waals surface area contributed by atoms with E-state index in [1.54, 1.807) is 0 Å². The number of hydrogen-bond donors (Lipinski definition) is 2. The van der Waals surface area contributed by atoms with Crippen molar-refractivity contribution in [3.63, 3.8) is 0 Å². The van der Waals surface area contributed by atoms with Crippen molar-refractivity contribution in [3.8, 4) is 0 Å². The first kappa shape index (κ1) is 35.3. The molecule has 7 heteroatoms. The van der Waals surface area contributed by atoms with Crippen molar-refractivity contribution in [2.75, 3.05) is 32.1 Å². The molecule has 220 valence electrons. The largest absolute Gasteiger partial charge is 0.378 e. The summed E-state index contributed by atoms with van der Waals surface area (Å²) in [5.41, 5.74) is 0. The quantitative estimate of drug-likeness (QED) is 0.0695. The van der Waals surface area contributed by atoms with Gasteiger partial charge in [-0.1, -0.05) is 95.7 Å². The zero-order valence-corrected chi connectivity index (χ0v) is 25.8. The van der Waals surface area contributed by atoms with Crippen LogP contribution < -0.4 is 10.6 Å². The molecule has 0 aliphatic carbocycles. The summed E-state index contributed by atoms with van der Waals surface area (Å²) in [5.74, 6) is 1.44. The lowest BCUT2D eigenvalue weighted by Crippen LogP contribution is -2.30. The van der Waals surface area contributed by atoms with Crippen LogP contribution in [0, 0.1) is 0 Å². The molecule has 5 nitrogen and oxygen atoms in total. The number of ether oxygens (including phenoxy) is 1. The highest BCUT2D eigenvalue weighted by atomic mass is 33.1. The molecule has 0 bridgehead atoms. The fourth-order valence-electron chi connectivity index (χ4n) is 3.78. The van der Waals surface area contributed by atoms with Gasteiger partial charge in [-0.15, -0.1) is 0 Å². The number of carbonyl (C=O) groups is 2. The molecule has 0 aromatic carbocycles. The Kier molecular flexibility index (Phi) is 25.2. The third-order valence-corrected chi connectivity index (χ3v) is 8.98. The van der Waals surface area contributed by atoms with Crippen LogP contribution in [0.1, 0.15) is 90.4 Å². The summed E-state index contributed by atoms with van der Waals surface area (Å²) in [4.78, 5) is 23.8. The Bertz CT molecular complexity index is 757. The van der Waals surface area contributed by atoms with E-state index in [9.17, 15) is 9.59 Å². The zero-order chi connectivity index (χ0) is 28.1. The number of unbranched alkanes of at least 4 members (excludes halogenated alkanes) is 2. The number of hydrogen-bond acceptors (Lipinski definition) is 5. The minimum absolute atomic E-state index is 0.0638. The van der Waals surface area contributed by atoms with Crippen LogP contribution >= 0.6 is 21.6 Å². The van der Waals surface area contributed by atoms with Gasteiger partial charge in [0.15, 0.2) is 0 Å². The van der Waals surface area contributed by atoms with Crippen molar-refractivity contribution < 1.29 is 14.3 Å². The van der Waals surface area contributed by atoms with Gasteiger partial charge in [0.25, 0.3) is 0 Å². The van der Waals surface area contributed by atoms with Crippen LogP contribution in [-0.4, -0.2) is 49.1 Å². The van der Waals surface area contributed by atoms with Gasteiger partial charge in [0.05, 0.1) is 13.2 Å². The van der Waals surface area contributed by atoms with Crippen LogP contribution in [0.4, 0.5) is 0 Å². The molecular formula is C32H52N2O3S2. The number of nitrogens with one attached hydrogen (secondary N) is 2. The van der Waals surface area contributed by atoms with Crippen LogP contribution in [0.15, 0.2) is 60.8 Å². The maximum atomic E-state index is 11.9. The van der Waals surface area contributed by atoms with Gasteiger partial charge < -0.3 is 15.4 Å². The fourth-order valence-corrected chi connectivity index (χ4v) is 6.80. The van der Waals surface area contributed by atoms with E-state index >= 15 is 0 Å². The second-order valence-corrected chi connectivity index (χ2v) is 12.3. The molecule has 0 spiro atoms. The zero-order valence-electron chi connectivity index (χ0n) is 24.1. The first-order valence-electron chi connectivity index (χ1n) is 14.9. The van der Waals surface area contributed by atoms with E-state index in [4.69, 9.17) is 4.74 Å². The topological polar surface area (TPSA) is 67.4 Å². The summed E-state index contributed by atoms with van der Waals surface area (Å²) < 4.78 is 5.50. The summed E-state index contributed by atoms with van der Waals surface area (Å²) in [6.07, 6.45) is 34.4. The molecule has 39 heavy (non-hydrogen) atoms. The smallest absolute Gasteiger partial charge is 0.220 e. The first-order chi connectivity index (χ1) is 19.2. The van der Waals surface area contributed by atoms with Crippen LogP contribution in [0.25, 0.3) is 0 Å². The van der Waals surface area contributed by atoms with E-state index in [2.05, 4.69) is 78.3 Å². The average Bonchev–Trinajstić information content (AvgIpc) is 3.46. The summed E-state index contributed by atoms with van der Waals surface area (Å²) >= 11 is 0. The van der Waals surface area contributed by atoms with Crippen molar-refractivity contribution >= 4 is 33.4 Å². The van der Waals surface area contributed by atoms with E-state index in [0.717, 1.165) is 63.0 Å². The molecule has 2 N–H and O–H groups in total. The van der Waals surface area contributed by atoms with Gasteiger partial charge in [0.2, 0.25) is 11.8 Å². The number of allylic oxidation sites excluding steroid dienone is 10. The van der Waals surface area contributed by atoms with Crippen molar-refractivity contribution in [2.45, 2.75) is 95.6 Å². The SMILES string of the molecule is CC/C=C\C/C=C\C/C=C\C/C=C\C/C=C\CCCC(=O)NCCOCCNC(=O)CCCC[C@@H]1CCSS1. The molecule has 0 aromatic heterocycles. The molecular weight excluding hydrogens is 524 g/mol. The minimum Gasteiger partial charge on any atom is -0.378 e. The molecule has 1 saturated heterocycles. The van der Waals surface area contributed by atoms with E-state index < -0.39 is 0 Å². The van der Waals surface area contributed by atoms with Gasteiger partial charge in [-0.3, -0.25) is 9.59 Å². The second kappa shape index (κ2) is 27.9. The molecule has 0 unspecified atom stereocenters. The van der Waals surface area contributed by atoms with Crippen molar-refractivity contribution in [1.29, 1.82) is 0 Å². The van der Waals surface area contributed by atoms with Gasteiger partial charge in [-0.2, -0.15) is 0 Å². The highest BCUT2D eigenvalue weighted by Gasteiger charge is 2.15. The fraction of sp³-hybridized carbons (Fsp3) is 0.625. The van der Waals surface area contributed by atoms with Crippen LogP contribution in [0.2, 0.25) is 0 Å². The highest BCUT2D eigenvalue weighted by molar-refractivity contribution is 8.77. The van der Waals surface area contributed by atoms with Crippen molar-refractivity contribution in [1.82, 2.24) is 10.6 Å². The van der Waals surface area contributed by atoms with Crippen LogP contribution in [0.5, 0.6) is 0 Å². The van der Waals surface area contributed by atoms with Gasteiger partial charge in [0.1, 0.15) is 0 Å². The standard InChI is InChI=1S/C32H52N2O3S2/c1-2-3-4-5-6-7-8-9-10-11-12-13-14-15-16-17-18-22-31(35)33-25-27-37-28-26-34-32(36)23-20-19-21-30-24-29-38-39-30/h3-4,6-7,9-10,12-13,15-16,30H,2,5,8,11,14,17-29H2,1H3,(H,33,35)(H,34,36)/b4-3-,7-6-,10-9-,13-12-,16-15-/t30-/m1/s1. The summed E-state index contributed by atoms with van der Waals surface area (Å²) in [7, 11) is 3.97. The maximum absolute atomic E-state index is 11.9. The number of rotatable bonds is 24. The molecule has 1 heterocycles. The molecule has 1 rings (SSSR count). The summed E-state index contributed by atoms with van der Waals surface area (Å²) in [6, 6.07) is 0. The van der Waals surface area contributed by atoms with Crippen LogP contribution in [-0.2, 0) is 14.3 Å². The molecule has 1 atom stereocenters. The normalized spacial score (nSPS) is 16.1. The monoisotopic (exact) mass is 576 g/mol. The predicted molar refractivity (Wildman–Crippen MR) is 172 cm³/mol.